The Morgan fingerprint density at radius 1 is 1.17 bits per heavy atom. The fraction of sp³-hybridized carbons (Fsp3) is 0.211. The highest BCUT2D eigenvalue weighted by Gasteiger charge is 2.11. The number of nitrogens with zero attached hydrogens (tertiary/aromatic N) is 4. The van der Waals surface area contributed by atoms with E-state index in [4.69, 9.17) is 4.74 Å². The van der Waals surface area contributed by atoms with Gasteiger partial charge < -0.3 is 15.4 Å². The second-order valence-electron chi connectivity index (χ2n) is 5.86. The lowest BCUT2D eigenvalue weighted by molar-refractivity contribution is -0.118. The molecule has 0 saturated heterocycles. The van der Waals surface area contributed by atoms with E-state index < -0.39 is 0 Å². The largest absolute Gasteiger partial charge is 0.497 e. The number of amides is 2. The SMILES string of the molecule is COc1ccc(NC(=O)c2cn(CCNC(=O)CSc3ccccn3)nn2)cc1. The highest BCUT2D eigenvalue weighted by atomic mass is 32.2. The second-order valence-corrected chi connectivity index (χ2v) is 6.85. The normalized spacial score (nSPS) is 10.4. The van der Waals surface area contributed by atoms with Crippen LogP contribution in [0.15, 0.2) is 59.9 Å². The van der Waals surface area contributed by atoms with Crippen molar-refractivity contribution in [1.82, 2.24) is 25.3 Å². The van der Waals surface area contributed by atoms with E-state index in [2.05, 4.69) is 25.9 Å². The smallest absolute Gasteiger partial charge is 0.277 e. The van der Waals surface area contributed by atoms with Crippen LogP contribution in [0.4, 0.5) is 5.69 Å². The standard InChI is InChI=1S/C19H20N6O3S/c1-28-15-7-5-14(6-8-15)22-19(27)16-12-25(24-23-16)11-10-20-17(26)13-29-18-4-2-3-9-21-18/h2-9,12H,10-11,13H2,1H3,(H,20,26)(H,22,27). The van der Waals surface area contributed by atoms with Gasteiger partial charge in [-0.25, -0.2) is 9.67 Å². The van der Waals surface area contributed by atoms with Gasteiger partial charge in [0.1, 0.15) is 5.75 Å². The molecular weight excluding hydrogens is 392 g/mol. The second kappa shape index (κ2) is 10.2. The van der Waals surface area contributed by atoms with Crippen molar-refractivity contribution in [3.8, 4) is 5.75 Å². The Labute approximate surface area is 171 Å². The van der Waals surface area contributed by atoms with Crippen molar-refractivity contribution in [3.05, 3.63) is 60.6 Å². The van der Waals surface area contributed by atoms with Gasteiger partial charge in [0.2, 0.25) is 5.91 Å². The van der Waals surface area contributed by atoms with Crippen LogP contribution in [0.2, 0.25) is 0 Å². The third-order valence-electron chi connectivity index (χ3n) is 3.77. The minimum Gasteiger partial charge on any atom is -0.497 e. The van der Waals surface area contributed by atoms with E-state index in [0.29, 0.717) is 24.5 Å². The van der Waals surface area contributed by atoms with E-state index in [9.17, 15) is 9.59 Å². The van der Waals surface area contributed by atoms with Crippen LogP contribution in [0.5, 0.6) is 5.75 Å². The monoisotopic (exact) mass is 412 g/mol. The summed E-state index contributed by atoms with van der Waals surface area (Å²) in [4.78, 5) is 28.3. The summed E-state index contributed by atoms with van der Waals surface area (Å²) >= 11 is 1.37. The van der Waals surface area contributed by atoms with E-state index in [1.54, 1.807) is 37.6 Å². The number of ether oxygens (including phenoxy) is 1. The molecule has 0 saturated carbocycles. The van der Waals surface area contributed by atoms with E-state index in [1.807, 2.05) is 18.2 Å². The lowest BCUT2D eigenvalue weighted by Crippen LogP contribution is -2.28. The summed E-state index contributed by atoms with van der Waals surface area (Å²) < 4.78 is 6.59. The summed E-state index contributed by atoms with van der Waals surface area (Å²) in [5.74, 6) is 0.522. The van der Waals surface area contributed by atoms with Gasteiger partial charge in [-0.15, -0.1) is 5.10 Å². The number of benzene rings is 1. The molecule has 0 atom stereocenters. The molecule has 2 aromatic heterocycles. The molecule has 0 radical (unpaired) electrons. The summed E-state index contributed by atoms with van der Waals surface area (Å²) in [6.07, 6.45) is 3.22. The molecule has 3 aromatic rings. The Morgan fingerprint density at radius 2 is 2.00 bits per heavy atom. The molecule has 0 spiro atoms. The molecule has 0 aliphatic carbocycles. The van der Waals surface area contributed by atoms with E-state index in [-0.39, 0.29) is 23.3 Å². The number of nitrogens with one attached hydrogen (secondary N) is 2. The highest BCUT2D eigenvalue weighted by Crippen LogP contribution is 2.15. The van der Waals surface area contributed by atoms with Crippen molar-refractivity contribution in [1.29, 1.82) is 0 Å². The van der Waals surface area contributed by atoms with Gasteiger partial charge in [-0.05, 0) is 36.4 Å². The molecule has 0 aliphatic heterocycles. The van der Waals surface area contributed by atoms with E-state index in [1.165, 1.54) is 22.6 Å². The van der Waals surface area contributed by atoms with Gasteiger partial charge in [0.25, 0.3) is 5.91 Å². The number of carbonyl (C=O) groups excluding carboxylic acids is 2. The molecule has 0 unspecified atom stereocenters. The number of carbonyl (C=O) groups is 2. The molecule has 0 fully saturated rings. The number of anilines is 1. The molecule has 9 nitrogen and oxygen atoms in total. The number of methoxy groups -OCH3 is 1. The predicted molar refractivity (Wildman–Crippen MR) is 109 cm³/mol. The van der Waals surface area contributed by atoms with Crippen LogP contribution in [0.1, 0.15) is 10.5 Å². The lowest BCUT2D eigenvalue weighted by atomic mass is 10.3. The van der Waals surface area contributed by atoms with Gasteiger partial charge in [0, 0.05) is 18.4 Å². The van der Waals surface area contributed by atoms with Crippen LogP contribution in [0, 0.1) is 0 Å². The zero-order valence-corrected chi connectivity index (χ0v) is 16.6. The Hall–Kier alpha value is -3.40. The Bertz CT molecular complexity index is 946. The maximum Gasteiger partial charge on any atom is 0.277 e. The Kier molecular flexibility index (Phi) is 7.17. The number of aromatic nitrogens is 4. The van der Waals surface area contributed by atoms with Crippen LogP contribution in [-0.2, 0) is 11.3 Å². The average molecular weight is 412 g/mol. The van der Waals surface area contributed by atoms with Crippen molar-refractivity contribution in [2.75, 3.05) is 24.7 Å². The first kappa shape index (κ1) is 20.3. The van der Waals surface area contributed by atoms with Crippen LogP contribution in [0.3, 0.4) is 0 Å². The molecule has 2 amide bonds. The molecule has 0 bridgehead atoms. The quantitative estimate of drug-likeness (QED) is 0.516. The van der Waals surface area contributed by atoms with Crippen molar-refractivity contribution in [2.45, 2.75) is 11.6 Å². The van der Waals surface area contributed by atoms with Crippen molar-refractivity contribution < 1.29 is 14.3 Å². The first-order valence-corrected chi connectivity index (χ1v) is 9.78. The average Bonchev–Trinajstić information content (AvgIpc) is 3.23. The topological polar surface area (TPSA) is 111 Å². The third-order valence-corrected chi connectivity index (χ3v) is 4.71. The first-order chi connectivity index (χ1) is 14.1. The van der Waals surface area contributed by atoms with Gasteiger partial charge in [-0.3, -0.25) is 9.59 Å². The summed E-state index contributed by atoms with van der Waals surface area (Å²) in [6, 6.07) is 12.5. The van der Waals surface area contributed by atoms with E-state index >= 15 is 0 Å². The molecule has 3 rings (SSSR count). The molecule has 2 N–H and O–H groups in total. The zero-order valence-electron chi connectivity index (χ0n) is 15.7. The maximum atomic E-state index is 12.2. The van der Waals surface area contributed by atoms with Crippen molar-refractivity contribution >= 4 is 29.3 Å². The molecule has 29 heavy (non-hydrogen) atoms. The Balaban J connectivity index is 1.41. The molecule has 2 heterocycles. The lowest BCUT2D eigenvalue weighted by Gasteiger charge is -2.05. The van der Waals surface area contributed by atoms with Crippen molar-refractivity contribution in [3.63, 3.8) is 0 Å². The third kappa shape index (κ3) is 6.32. The number of hydrogen-bond acceptors (Lipinski definition) is 7. The number of pyridine rings is 1. The van der Waals surface area contributed by atoms with Gasteiger partial charge >= 0.3 is 0 Å². The first-order valence-electron chi connectivity index (χ1n) is 8.80. The molecule has 1 aromatic carbocycles. The van der Waals surface area contributed by atoms with Crippen LogP contribution in [0.25, 0.3) is 0 Å². The Morgan fingerprint density at radius 3 is 2.72 bits per heavy atom. The summed E-state index contributed by atoms with van der Waals surface area (Å²) in [5, 5.41) is 14.1. The summed E-state index contributed by atoms with van der Waals surface area (Å²) in [5.41, 5.74) is 0.820. The van der Waals surface area contributed by atoms with Gasteiger partial charge in [0.05, 0.1) is 30.6 Å². The number of thioether (sulfide) groups is 1. The van der Waals surface area contributed by atoms with Gasteiger partial charge in [0.15, 0.2) is 5.69 Å². The fourth-order valence-electron chi connectivity index (χ4n) is 2.31. The van der Waals surface area contributed by atoms with Gasteiger partial charge in [-0.2, -0.15) is 0 Å². The maximum absolute atomic E-state index is 12.2. The summed E-state index contributed by atoms with van der Waals surface area (Å²) in [7, 11) is 1.58. The minimum atomic E-state index is -0.364. The molecule has 10 heteroatoms. The predicted octanol–water partition coefficient (Wildman–Crippen LogP) is 1.84. The molecule has 150 valence electrons. The number of rotatable bonds is 9. The van der Waals surface area contributed by atoms with Crippen molar-refractivity contribution in [2.24, 2.45) is 0 Å². The van der Waals surface area contributed by atoms with E-state index in [0.717, 1.165) is 5.03 Å². The minimum absolute atomic E-state index is 0.0989. The van der Waals surface area contributed by atoms with Gasteiger partial charge in [-0.1, -0.05) is 23.0 Å². The van der Waals surface area contributed by atoms with Crippen LogP contribution < -0.4 is 15.4 Å². The summed E-state index contributed by atoms with van der Waals surface area (Å²) in [6.45, 7) is 0.785. The fourth-order valence-corrected chi connectivity index (χ4v) is 3.01. The zero-order chi connectivity index (χ0) is 20.5. The van der Waals surface area contributed by atoms with Crippen LogP contribution in [-0.4, -0.2) is 51.2 Å². The van der Waals surface area contributed by atoms with Crippen LogP contribution >= 0.6 is 11.8 Å². The molecule has 0 aliphatic rings. The number of hydrogen-bond donors (Lipinski definition) is 2. The highest BCUT2D eigenvalue weighted by molar-refractivity contribution is 7.99. The molecular formula is C19H20N6O3S.